The van der Waals surface area contributed by atoms with Crippen molar-refractivity contribution < 1.29 is 9.53 Å². The van der Waals surface area contributed by atoms with Crippen LogP contribution < -0.4 is 5.32 Å². The summed E-state index contributed by atoms with van der Waals surface area (Å²) in [7, 11) is 1.96. The van der Waals surface area contributed by atoms with Gasteiger partial charge >= 0.3 is 0 Å². The van der Waals surface area contributed by atoms with E-state index in [0.717, 1.165) is 44.0 Å². The van der Waals surface area contributed by atoms with Crippen LogP contribution in [0, 0.1) is 5.92 Å². The van der Waals surface area contributed by atoms with Gasteiger partial charge in [0.15, 0.2) is 0 Å². The van der Waals surface area contributed by atoms with Crippen molar-refractivity contribution >= 4 is 5.91 Å². The van der Waals surface area contributed by atoms with Gasteiger partial charge in [-0.1, -0.05) is 12.1 Å². The highest BCUT2D eigenvalue weighted by molar-refractivity contribution is 5.94. The van der Waals surface area contributed by atoms with Crippen molar-refractivity contribution in [2.75, 3.05) is 19.8 Å². The van der Waals surface area contributed by atoms with Gasteiger partial charge in [0.25, 0.3) is 5.91 Å². The number of imidazole rings is 1. The van der Waals surface area contributed by atoms with Crippen LogP contribution in [-0.2, 0) is 11.8 Å². The second kappa shape index (κ2) is 6.75. The van der Waals surface area contributed by atoms with Crippen molar-refractivity contribution in [2.24, 2.45) is 13.0 Å². The van der Waals surface area contributed by atoms with Crippen LogP contribution in [0.4, 0.5) is 0 Å². The highest BCUT2D eigenvalue weighted by atomic mass is 16.5. The van der Waals surface area contributed by atoms with Gasteiger partial charge in [-0.15, -0.1) is 0 Å². The molecule has 5 heteroatoms. The number of hydrogen-bond acceptors (Lipinski definition) is 3. The van der Waals surface area contributed by atoms with E-state index in [1.54, 1.807) is 6.20 Å². The van der Waals surface area contributed by atoms with Crippen LogP contribution in [0.25, 0.3) is 11.4 Å². The molecule has 0 unspecified atom stereocenters. The minimum absolute atomic E-state index is 0.0158. The van der Waals surface area contributed by atoms with Crippen molar-refractivity contribution in [3.05, 3.63) is 42.2 Å². The molecule has 1 fully saturated rings. The summed E-state index contributed by atoms with van der Waals surface area (Å²) in [6.07, 6.45) is 5.73. The van der Waals surface area contributed by atoms with Crippen LogP contribution in [0.15, 0.2) is 36.7 Å². The normalized spacial score (nSPS) is 15.7. The summed E-state index contributed by atoms with van der Waals surface area (Å²) in [5.41, 5.74) is 1.69. The first kappa shape index (κ1) is 14.8. The summed E-state index contributed by atoms with van der Waals surface area (Å²) in [5, 5.41) is 3.02. The Bertz CT molecular complexity index is 628. The number of nitrogens with one attached hydrogen (secondary N) is 1. The maximum atomic E-state index is 12.2. The van der Waals surface area contributed by atoms with Crippen molar-refractivity contribution in [1.82, 2.24) is 14.9 Å². The van der Waals surface area contributed by atoms with E-state index in [1.165, 1.54) is 0 Å². The Balaban J connectivity index is 1.60. The standard InChI is InChI=1S/C17H21N3O2/c1-20-9-8-18-16(20)14-2-4-15(5-3-14)17(21)19-12-13-6-10-22-11-7-13/h2-5,8-9,13H,6-7,10-12H2,1H3,(H,19,21). The number of rotatable bonds is 4. The summed E-state index contributed by atoms with van der Waals surface area (Å²) in [6, 6.07) is 7.57. The third-order valence-electron chi connectivity index (χ3n) is 4.12. The van der Waals surface area contributed by atoms with E-state index in [2.05, 4.69) is 10.3 Å². The minimum atomic E-state index is -0.0158. The lowest BCUT2D eigenvalue weighted by molar-refractivity contribution is 0.0642. The summed E-state index contributed by atoms with van der Waals surface area (Å²) >= 11 is 0. The first-order valence-electron chi connectivity index (χ1n) is 7.68. The fourth-order valence-electron chi connectivity index (χ4n) is 2.70. The van der Waals surface area contributed by atoms with E-state index in [1.807, 2.05) is 42.1 Å². The first-order chi connectivity index (χ1) is 10.7. The van der Waals surface area contributed by atoms with Crippen LogP contribution in [0.3, 0.4) is 0 Å². The van der Waals surface area contributed by atoms with Crippen LogP contribution in [0.2, 0.25) is 0 Å². The Hall–Kier alpha value is -2.14. The van der Waals surface area contributed by atoms with Crippen LogP contribution >= 0.6 is 0 Å². The molecule has 1 saturated heterocycles. The number of aromatic nitrogens is 2. The Labute approximate surface area is 130 Å². The highest BCUT2D eigenvalue weighted by Crippen LogP contribution is 2.17. The van der Waals surface area contributed by atoms with Gasteiger partial charge in [-0.2, -0.15) is 0 Å². The Morgan fingerprint density at radius 1 is 1.32 bits per heavy atom. The summed E-state index contributed by atoms with van der Waals surface area (Å²) in [4.78, 5) is 16.5. The number of amides is 1. The zero-order valence-electron chi connectivity index (χ0n) is 12.8. The second-order valence-electron chi connectivity index (χ2n) is 5.70. The van der Waals surface area contributed by atoms with Crippen LogP contribution in [-0.4, -0.2) is 35.2 Å². The van der Waals surface area contributed by atoms with Gasteiger partial charge in [0.1, 0.15) is 5.82 Å². The van der Waals surface area contributed by atoms with E-state index in [4.69, 9.17) is 4.74 Å². The number of ether oxygens (including phenoxy) is 1. The summed E-state index contributed by atoms with van der Waals surface area (Å²) in [5.74, 6) is 1.41. The number of carbonyl (C=O) groups excluding carboxylic acids is 1. The maximum Gasteiger partial charge on any atom is 0.251 e. The quantitative estimate of drug-likeness (QED) is 0.942. The smallest absolute Gasteiger partial charge is 0.251 e. The molecule has 0 saturated carbocycles. The lowest BCUT2D eigenvalue weighted by Gasteiger charge is -2.22. The molecule has 116 valence electrons. The highest BCUT2D eigenvalue weighted by Gasteiger charge is 2.15. The minimum Gasteiger partial charge on any atom is -0.381 e. The lowest BCUT2D eigenvalue weighted by atomic mass is 10.0. The number of aryl methyl sites for hydroxylation is 1. The van der Waals surface area contributed by atoms with E-state index in [0.29, 0.717) is 11.5 Å². The topological polar surface area (TPSA) is 56.2 Å². The third kappa shape index (κ3) is 3.36. The molecule has 1 aliphatic rings. The van der Waals surface area contributed by atoms with Gasteiger partial charge in [-0.25, -0.2) is 4.98 Å². The van der Waals surface area contributed by atoms with Crippen molar-refractivity contribution in [1.29, 1.82) is 0 Å². The molecule has 1 aromatic heterocycles. The molecular formula is C17H21N3O2. The van der Waals surface area contributed by atoms with Gasteiger partial charge in [-0.3, -0.25) is 4.79 Å². The van der Waals surface area contributed by atoms with Gasteiger partial charge in [0.2, 0.25) is 0 Å². The molecule has 0 aliphatic carbocycles. The largest absolute Gasteiger partial charge is 0.381 e. The van der Waals surface area contributed by atoms with Crippen molar-refractivity contribution in [3.8, 4) is 11.4 Å². The van der Waals surface area contributed by atoms with E-state index < -0.39 is 0 Å². The molecule has 3 rings (SSSR count). The molecule has 0 spiro atoms. The van der Waals surface area contributed by atoms with Crippen LogP contribution in [0.1, 0.15) is 23.2 Å². The molecule has 0 radical (unpaired) electrons. The van der Waals surface area contributed by atoms with Gasteiger partial charge < -0.3 is 14.6 Å². The summed E-state index contributed by atoms with van der Waals surface area (Å²) < 4.78 is 7.29. The molecule has 2 aromatic rings. The van der Waals surface area contributed by atoms with Gasteiger partial charge in [-0.05, 0) is 30.9 Å². The zero-order chi connectivity index (χ0) is 15.4. The predicted octanol–water partition coefficient (Wildman–Crippen LogP) is 2.24. The maximum absolute atomic E-state index is 12.2. The first-order valence-corrected chi connectivity index (χ1v) is 7.68. The molecule has 2 heterocycles. The fraction of sp³-hybridized carbons (Fsp3) is 0.412. The predicted molar refractivity (Wildman–Crippen MR) is 84.5 cm³/mol. The van der Waals surface area contributed by atoms with Gasteiger partial charge in [0, 0.05) is 50.3 Å². The molecule has 1 aliphatic heterocycles. The summed E-state index contributed by atoms with van der Waals surface area (Å²) in [6.45, 7) is 2.33. The van der Waals surface area contributed by atoms with Crippen molar-refractivity contribution in [2.45, 2.75) is 12.8 Å². The monoisotopic (exact) mass is 299 g/mol. The van der Waals surface area contributed by atoms with E-state index >= 15 is 0 Å². The van der Waals surface area contributed by atoms with E-state index in [9.17, 15) is 4.79 Å². The average molecular weight is 299 g/mol. The number of carbonyl (C=O) groups is 1. The molecule has 0 bridgehead atoms. The molecular weight excluding hydrogens is 278 g/mol. The Kier molecular flexibility index (Phi) is 4.53. The lowest BCUT2D eigenvalue weighted by Crippen LogP contribution is -2.32. The molecule has 1 N–H and O–H groups in total. The Morgan fingerprint density at radius 3 is 2.68 bits per heavy atom. The molecule has 1 amide bonds. The Morgan fingerprint density at radius 2 is 2.05 bits per heavy atom. The molecule has 22 heavy (non-hydrogen) atoms. The fourth-order valence-corrected chi connectivity index (χ4v) is 2.70. The molecule has 5 nitrogen and oxygen atoms in total. The van der Waals surface area contributed by atoms with Gasteiger partial charge in [0.05, 0.1) is 0 Å². The van der Waals surface area contributed by atoms with Crippen molar-refractivity contribution in [3.63, 3.8) is 0 Å². The average Bonchev–Trinajstić information content (AvgIpc) is 3.00. The third-order valence-corrected chi connectivity index (χ3v) is 4.12. The number of nitrogens with zero attached hydrogens (tertiary/aromatic N) is 2. The zero-order valence-corrected chi connectivity index (χ0v) is 12.8. The van der Waals surface area contributed by atoms with Crippen LogP contribution in [0.5, 0.6) is 0 Å². The number of hydrogen-bond donors (Lipinski definition) is 1. The molecule has 1 aromatic carbocycles. The number of benzene rings is 1. The second-order valence-corrected chi connectivity index (χ2v) is 5.70. The SMILES string of the molecule is Cn1ccnc1-c1ccc(C(=O)NCC2CCOCC2)cc1. The molecule has 0 atom stereocenters. The van der Waals surface area contributed by atoms with E-state index in [-0.39, 0.29) is 5.91 Å².